The van der Waals surface area contributed by atoms with Crippen LogP contribution in [0.4, 0.5) is 0 Å². The van der Waals surface area contributed by atoms with Crippen LogP contribution in [0.5, 0.6) is 0 Å². The molecule has 0 N–H and O–H groups in total. The Morgan fingerprint density at radius 2 is 1.92 bits per heavy atom. The Morgan fingerprint density at radius 3 is 2.62 bits per heavy atom. The molecule has 0 unspecified atom stereocenters. The lowest BCUT2D eigenvalue weighted by molar-refractivity contribution is 0.0627. The van der Waals surface area contributed by atoms with Gasteiger partial charge in [0.2, 0.25) is 5.89 Å². The number of piperazine rings is 1. The first-order valence-electron chi connectivity index (χ1n) is 8.44. The zero-order valence-electron chi connectivity index (χ0n) is 14.1. The number of hydrogen-bond acceptors (Lipinski definition) is 5. The Labute approximate surface area is 160 Å². The van der Waals surface area contributed by atoms with Crippen LogP contribution in [0.3, 0.4) is 0 Å². The molecule has 0 saturated carbocycles. The van der Waals surface area contributed by atoms with Crippen LogP contribution in [-0.4, -0.2) is 46.9 Å². The van der Waals surface area contributed by atoms with Crippen LogP contribution >= 0.6 is 22.9 Å². The minimum absolute atomic E-state index is 0.0581. The lowest BCUT2D eigenvalue weighted by Gasteiger charge is -2.34. The Morgan fingerprint density at radius 1 is 1.15 bits per heavy atom. The third-order valence-corrected chi connectivity index (χ3v) is 5.53. The molecule has 0 aliphatic carbocycles. The van der Waals surface area contributed by atoms with Gasteiger partial charge in [0, 0.05) is 43.3 Å². The number of carbonyl (C=O) groups is 1. The van der Waals surface area contributed by atoms with E-state index in [9.17, 15) is 4.79 Å². The van der Waals surface area contributed by atoms with E-state index in [-0.39, 0.29) is 5.91 Å². The van der Waals surface area contributed by atoms with Gasteiger partial charge >= 0.3 is 0 Å². The topological polar surface area (TPSA) is 49.6 Å². The highest BCUT2D eigenvalue weighted by Gasteiger charge is 2.23. The summed E-state index contributed by atoms with van der Waals surface area (Å²) in [5, 5.41) is 2.65. The van der Waals surface area contributed by atoms with Crippen molar-refractivity contribution in [1.29, 1.82) is 0 Å². The third-order valence-electron chi connectivity index (χ3n) is 4.42. The summed E-state index contributed by atoms with van der Waals surface area (Å²) < 4.78 is 5.57. The average molecular weight is 388 g/mol. The van der Waals surface area contributed by atoms with Crippen LogP contribution in [0, 0.1) is 0 Å². The fraction of sp³-hybridized carbons (Fsp3) is 0.263. The van der Waals surface area contributed by atoms with Crippen molar-refractivity contribution >= 4 is 28.8 Å². The molecular formula is C19H18ClN3O2S. The van der Waals surface area contributed by atoms with E-state index in [1.54, 1.807) is 41.9 Å². The lowest BCUT2D eigenvalue weighted by atomic mass is 10.2. The molecular weight excluding hydrogens is 370 g/mol. The van der Waals surface area contributed by atoms with Gasteiger partial charge in [-0.25, -0.2) is 4.98 Å². The van der Waals surface area contributed by atoms with Gasteiger partial charge in [-0.1, -0.05) is 17.7 Å². The summed E-state index contributed by atoms with van der Waals surface area (Å²) in [6, 6.07) is 11.0. The zero-order chi connectivity index (χ0) is 17.9. The highest BCUT2D eigenvalue weighted by atomic mass is 35.5. The minimum atomic E-state index is 0.0581. The maximum Gasteiger partial charge on any atom is 0.253 e. The first-order chi connectivity index (χ1) is 12.7. The molecule has 1 saturated heterocycles. The number of benzene rings is 1. The number of thiophene rings is 1. The molecule has 3 heterocycles. The maximum atomic E-state index is 12.5. The molecule has 26 heavy (non-hydrogen) atoms. The highest BCUT2D eigenvalue weighted by Crippen LogP contribution is 2.24. The first kappa shape index (κ1) is 17.3. The second-order valence-electron chi connectivity index (χ2n) is 6.20. The van der Waals surface area contributed by atoms with E-state index in [1.165, 1.54) is 0 Å². The largest absolute Gasteiger partial charge is 0.444 e. The van der Waals surface area contributed by atoms with E-state index in [0.29, 0.717) is 29.6 Å². The summed E-state index contributed by atoms with van der Waals surface area (Å²) in [6.45, 7) is 3.78. The smallest absolute Gasteiger partial charge is 0.253 e. The number of nitrogens with zero attached hydrogens (tertiary/aromatic N) is 3. The van der Waals surface area contributed by atoms with Crippen molar-refractivity contribution in [2.24, 2.45) is 0 Å². The number of aromatic nitrogens is 1. The molecule has 1 aromatic carbocycles. The van der Waals surface area contributed by atoms with Crippen molar-refractivity contribution < 1.29 is 9.21 Å². The molecule has 7 heteroatoms. The van der Waals surface area contributed by atoms with E-state index >= 15 is 0 Å². The van der Waals surface area contributed by atoms with Gasteiger partial charge in [-0.15, -0.1) is 11.3 Å². The molecule has 0 bridgehead atoms. The molecule has 1 aliphatic rings. The SMILES string of the molecule is O=C(c1ccc(Cl)cc1)N1CCN(Cc2coc(-c3cccs3)n2)CC1. The molecule has 3 aromatic rings. The molecule has 1 fully saturated rings. The molecule has 134 valence electrons. The fourth-order valence-electron chi connectivity index (χ4n) is 3.01. The Hall–Kier alpha value is -2.15. The quantitative estimate of drug-likeness (QED) is 0.678. The number of amides is 1. The average Bonchev–Trinajstić information content (AvgIpc) is 3.34. The predicted octanol–water partition coefficient (Wildman–Crippen LogP) is 4.01. The van der Waals surface area contributed by atoms with Crippen LogP contribution in [0.1, 0.15) is 16.1 Å². The molecule has 0 spiro atoms. The molecule has 1 aliphatic heterocycles. The number of oxazole rings is 1. The highest BCUT2D eigenvalue weighted by molar-refractivity contribution is 7.13. The van der Waals surface area contributed by atoms with Gasteiger partial charge in [0.05, 0.1) is 10.6 Å². The van der Waals surface area contributed by atoms with Gasteiger partial charge in [0.15, 0.2) is 0 Å². The Balaban J connectivity index is 1.32. The number of hydrogen-bond donors (Lipinski definition) is 0. The predicted molar refractivity (Wildman–Crippen MR) is 102 cm³/mol. The molecule has 0 radical (unpaired) electrons. The van der Waals surface area contributed by atoms with Crippen molar-refractivity contribution in [2.75, 3.05) is 26.2 Å². The zero-order valence-corrected chi connectivity index (χ0v) is 15.7. The van der Waals surface area contributed by atoms with Crippen LogP contribution in [-0.2, 0) is 6.54 Å². The van der Waals surface area contributed by atoms with Crippen molar-refractivity contribution in [3.05, 3.63) is 64.3 Å². The van der Waals surface area contributed by atoms with Crippen LogP contribution in [0.25, 0.3) is 10.8 Å². The Bertz CT molecular complexity index is 869. The van der Waals surface area contributed by atoms with Crippen molar-refractivity contribution in [3.8, 4) is 10.8 Å². The van der Waals surface area contributed by atoms with E-state index in [4.69, 9.17) is 16.0 Å². The van der Waals surface area contributed by atoms with Gasteiger partial charge < -0.3 is 9.32 Å². The standard InChI is InChI=1S/C19H18ClN3O2S/c20-15-5-3-14(4-6-15)19(24)23-9-7-22(8-10-23)12-16-13-25-18(21-16)17-2-1-11-26-17/h1-6,11,13H,7-10,12H2. The van der Waals surface area contributed by atoms with Gasteiger partial charge in [-0.2, -0.15) is 0 Å². The van der Waals surface area contributed by atoms with Gasteiger partial charge in [0.1, 0.15) is 6.26 Å². The van der Waals surface area contributed by atoms with E-state index in [1.807, 2.05) is 22.4 Å². The first-order valence-corrected chi connectivity index (χ1v) is 9.70. The summed E-state index contributed by atoms with van der Waals surface area (Å²) in [6.07, 6.45) is 1.72. The van der Waals surface area contributed by atoms with Crippen molar-refractivity contribution in [1.82, 2.24) is 14.8 Å². The van der Waals surface area contributed by atoms with E-state index in [0.717, 1.165) is 30.2 Å². The normalized spacial score (nSPS) is 15.3. The monoisotopic (exact) mass is 387 g/mol. The third kappa shape index (κ3) is 3.82. The maximum absolute atomic E-state index is 12.5. The summed E-state index contributed by atoms with van der Waals surface area (Å²) in [5.41, 5.74) is 1.60. The van der Waals surface area contributed by atoms with Gasteiger partial charge in [-0.05, 0) is 35.7 Å². The van der Waals surface area contributed by atoms with Crippen LogP contribution < -0.4 is 0 Å². The van der Waals surface area contributed by atoms with E-state index < -0.39 is 0 Å². The summed E-state index contributed by atoms with van der Waals surface area (Å²) in [4.78, 5) is 22.3. The number of carbonyl (C=O) groups excluding carboxylic acids is 1. The lowest BCUT2D eigenvalue weighted by Crippen LogP contribution is -2.48. The Kier molecular flexibility index (Phi) is 5.06. The fourth-order valence-corrected chi connectivity index (χ4v) is 3.79. The second-order valence-corrected chi connectivity index (χ2v) is 7.58. The molecule has 1 amide bonds. The van der Waals surface area contributed by atoms with Crippen LogP contribution in [0.15, 0.2) is 52.5 Å². The minimum Gasteiger partial charge on any atom is -0.444 e. The van der Waals surface area contributed by atoms with Crippen molar-refractivity contribution in [2.45, 2.75) is 6.54 Å². The van der Waals surface area contributed by atoms with Crippen LogP contribution in [0.2, 0.25) is 5.02 Å². The second kappa shape index (κ2) is 7.61. The van der Waals surface area contributed by atoms with Crippen molar-refractivity contribution in [3.63, 3.8) is 0 Å². The molecule has 5 nitrogen and oxygen atoms in total. The molecule has 0 atom stereocenters. The molecule has 2 aromatic heterocycles. The number of rotatable bonds is 4. The number of halogens is 1. The molecule has 4 rings (SSSR count). The van der Waals surface area contributed by atoms with E-state index in [2.05, 4.69) is 9.88 Å². The summed E-state index contributed by atoms with van der Waals surface area (Å²) in [5.74, 6) is 0.731. The van der Waals surface area contributed by atoms with Gasteiger partial charge in [-0.3, -0.25) is 9.69 Å². The summed E-state index contributed by atoms with van der Waals surface area (Å²) in [7, 11) is 0. The van der Waals surface area contributed by atoms with Gasteiger partial charge in [0.25, 0.3) is 5.91 Å². The summed E-state index contributed by atoms with van der Waals surface area (Å²) >= 11 is 7.50.